The predicted molar refractivity (Wildman–Crippen MR) is 65.7 cm³/mol. The lowest BCUT2D eigenvalue weighted by Gasteiger charge is -2.07. The molecule has 4 heteroatoms. The molecule has 0 spiro atoms. The van der Waals surface area contributed by atoms with Crippen molar-refractivity contribution in [2.75, 3.05) is 5.32 Å². The van der Waals surface area contributed by atoms with Crippen LogP contribution in [-0.2, 0) is 0 Å². The summed E-state index contributed by atoms with van der Waals surface area (Å²) in [5, 5.41) is 2.77. The Morgan fingerprint density at radius 1 is 1.29 bits per heavy atom. The van der Waals surface area contributed by atoms with Crippen molar-refractivity contribution in [3.63, 3.8) is 0 Å². The summed E-state index contributed by atoms with van der Waals surface area (Å²) in [5.74, 6) is -0.188. The van der Waals surface area contributed by atoms with Crippen molar-refractivity contribution >= 4 is 11.6 Å². The highest BCUT2D eigenvalue weighted by Gasteiger charge is 2.07. The van der Waals surface area contributed by atoms with Crippen LogP contribution in [0.5, 0.6) is 0 Å². The average Bonchev–Trinajstić information content (AvgIpc) is 2.83. The average molecular weight is 230 g/mol. The fourth-order valence-electron chi connectivity index (χ4n) is 1.47. The van der Waals surface area contributed by atoms with E-state index in [2.05, 4.69) is 5.32 Å². The Kier molecular flexibility index (Phi) is 3.25. The van der Waals surface area contributed by atoms with Gasteiger partial charge < -0.3 is 15.5 Å². The van der Waals surface area contributed by atoms with Crippen molar-refractivity contribution in [1.29, 1.82) is 0 Å². The van der Waals surface area contributed by atoms with Crippen LogP contribution in [0, 0.1) is 0 Å². The third kappa shape index (κ3) is 2.73. The van der Waals surface area contributed by atoms with Gasteiger partial charge in [0.15, 0.2) is 0 Å². The van der Waals surface area contributed by atoms with Crippen molar-refractivity contribution in [3.05, 3.63) is 54.0 Å². The van der Waals surface area contributed by atoms with Gasteiger partial charge in [-0.25, -0.2) is 0 Å². The normalized spacial score (nSPS) is 12.1. The maximum Gasteiger partial charge on any atom is 0.258 e. The Balaban J connectivity index is 2.07. The highest BCUT2D eigenvalue weighted by atomic mass is 16.3. The number of amides is 1. The van der Waals surface area contributed by atoms with Gasteiger partial charge in [0.1, 0.15) is 6.26 Å². The van der Waals surface area contributed by atoms with Crippen molar-refractivity contribution in [1.82, 2.24) is 0 Å². The summed E-state index contributed by atoms with van der Waals surface area (Å²) in [5.41, 5.74) is 8.01. The van der Waals surface area contributed by atoms with Gasteiger partial charge in [-0.15, -0.1) is 0 Å². The third-order valence-electron chi connectivity index (χ3n) is 2.48. The van der Waals surface area contributed by atoms with Crippen LogP contribution in [0.3, 0.4) is 0 Å². The minimum Gasteiger partial charge on any atom is -0.472 e. The molecule has 88 valence electrons. The zero-order valence-corrected chi connectivity index (χ0v) is 9.51. The van der Waals surface area contributed by atoms with Gasteiger partial charge in [0.2, 0.25) is 0 Å². The number of nitrogens with two attached hydrogens (primary N) is 1. The molecule has 1 aromatic carbocycles. The van der Waals surface area contributed by atoms with Crippen LogP contribution in [0.15, 0.2) is 47.3 Å². The fraction of sp³-hybridized carbons (Fsp3) is 0.154. The SMILES string of the molecule is CC(N)c1ccc(NC(=O)c2ccoc2)cc1. The molecular formula is C13H14N2O2. The molecule has 0 radical (unpaired) electrons. The lowest BCUT2D eigenvalue weighted by Crippen LogP contribution is -2.11. The molecule has 0 aliphatic rings. The number of hydrogen-bond donors (Lipinski definition) is 2. The number of furan rings is 1. The van der Waals surface area contributed by atoms with E-state index in [1.54, 1.807) is 6.07 Å². The maximum atomic E-state index is 11.7. The second-order valence-electron chi connectivity index (χ2n) is 3.88. The minimum absolute atomic E-state index is 0.00590. The van der Waals surface area contributed by atoms with Crippen LogP contribution in [-0.4, -0.2) is 5.91 Å². The molecule has 0 saturated heterocycles. The number of carbonyl (C=O) groups excluding carboxylic acids is 1. The first-order valence-corrected chi connectivity index (χ1v) is 5.36. The lowest BCUT2D eigenvalue weighted by atomic mass is 10.1. The molecule has 0 bridgehead atoms. The summed E-state index contributed by atoms with van der Waals surface area (Å²) in [6, 6.07) is 9.07. The van der Waals surface area contributed by atoms with Crippen molar-refractivity contribution < 1.29 is 9.21 Å². The molecule has 0 saturated carbocycles. The summed E-state index contributed by atoms with van der Waals surface area (Å²) in [6.45, 7) is 1.92. The zero-order valence-electron chi connectivity index (χ0n) is 9.51. The Labute approximate surface area is 99.4 Å². The van der Waals surface area contributed by atoms with Crippen LogP contribution in [0.25, 0.3) is 0 Å². The Morgan fingerprint density at radius 2 is 2.00 bits per heavy atom. The van der Waals surface area contributed by atoms with Gasteiger partial charge in [-0.2, -0.15) is 0 Å². The highest BCUT2D eigenvalue weighted by molar-refractivity contribution is 6.03. The highest BCUT2D eigenvalue weighted by Crippen LogP contribution is 2.15. The number of benzene rings is 1. The van der Waals surface area contributed by atoms with Crippen molar-refractivity contribution in [2.24, 2.45) is 5.73 Å². The van der Waals surface area contributed by atoms with Crippen molar-refractivity contribution in [3.8, 4) is 0 Å². The number of hydrogen-bond acceptors (Lipinski definition) is 3. The summed E-state index contributed by atoms with van der Waals surface area (Å²) in [7, 11) is 0. The molecule has 1 unspecified atom stereocenters. The predicted octanol–water partition coefficient (Wildman–Crippen LogP) is 2.55. The number of rotatable bonds is 3. The molecule has 1 heterocycles. The van der Waals surface area contributed by atoms with E-state index >= 15 is 0 Å². The number of carbonyl (C=O) groups is 1. The van der Waals surface area contributed by atoms with Crippen molar-refractivity contribution in [2.45, 2.75) is 13.0 Å². The van der Waals surface area contributed by atoms with Gasteiger partial charge in [0, 0.05) is 11.7 Å². The van der Waals surface area contributed by atoms with Gasteiger partial charge in [-0.3, -0.25) is 4.79 Å². The topological polar surface area (TPSA) is 68.3 Å². The van der Waals surface area contributed by atoms with Gasteiger partial charge in [0.25, 0.3) is 5.91 Å². The zero-order chi connectivity index (χ0) is 12.3. The Bertz CT molecular complexity index is 487. The van der Waals surface area contributed by atoms with E-state index < -0.39 is 0 Å². The summed E-state index contributed by atoms with van der Waals surface area (Å²) in [6.07, 6.45) is 2.87. The molecule has 1 atom stereocenters. The standard InChI is InChI=1S/C13H14N2O2/c1-9(14)10-2-4-12(5-3-10)15-13(16)11-6-7-17-8-11/h2-9H,14H2,1H3,(H,15,16). The number of anilines is 1. The molecule has 3 N–H and O–H groups in total. The van der Waals surface area contributed by atoms with Crippen LogP contribution < -0.4 is 11.1 Å². The molecule has 1 aromatic heterocycles. The first kappa shape index (κ1) is 11.4. The van der Waals surface area contributed by atoms with E-state index in [-0.39, 0.29) is 11.9 Å². The van der Waals surface area contributed by atoms with Gasteiger partial charge >= 0.3 is 0 Å². The first-order chi connectivity index (χ1) is 8.16. The lowest BCUT2D eigenvalue weighted by molar-refractivity contribution is 0.102. The van der Waals surface area contributed by atoms with Crippen LogP contribution in [0.4, 0.5) is 5.69 Å². The molecule has 0 aliphatic heterocycles. The largest absolute Gasteiger partial charge is 0.472 e. The fourth-order valence-corrected chi connectivity index (χ4v) is 1.47. The van der Waals surface area contributed by atoms with E-state index in [1.165, 1.54) is 12.5 Å². The van der Waals surface area contributed by atoms with E-state index in [1.807, 2.05) is 31.2 Å². The molecule has 0 fully saturated rings. The molecule has 4 nitrogen and oxygen atoms in total. The van der Waals surface area contributed by atoms with E-state index in [0.29, 0.717) is 5.56 Å². The van der Waals surface area contributed by atoms with Gasteiger partial charge in [0.05, 0.1) is 11.8 Å². The second-order valence-corrected chi connectivity index (χ2v) is 3.88. The molecule has 2 rings (SSSR count). The van der Waals surface area contributed by atoms with E-state index in [0.717, 1.165) is 11.3 Å². The first-order valence-electron chi connectivity index (χ1n) is 5.36. The molecule has 17 heavy (non-hydrogen) atoms. The molecule has 2 aromatic rings. The minimum atomic E-state index is -0.188. The van der Waals surface area contributed by atoms with Crippen LogP contribution >= 0.6 is 0 Å². The second kappa shape index (κ2) is 4.84. The monoisotopic (exact) mass is 230 g/mol. The van der Waals surface area contributed by atoms with Gasteiger partial charge in [-0.05, 0) is 30.7 Å². The van der Waals surface area contributed by atoms with E-state index in [9.17, 15) is 4.79 Å². The van der Waals surface area contributed by atoms with E-state index in [4.69, 9.17) is 10.2 Å². The smallest absolute Gasteiger partial charge is 0.258 e. The van der Waals surface area contributed by atoms with Crippen LogP contribution in [0.2, 0.25) is 0 Å². The van der Waals surface area contributed by atoms with Crippen LogP contribution in [0.1, 0.15) is 28.9 Å². The molecule has 0 aliphatic carbocycles. The quantitative estimate of drug-likeness (QED) is 0.851. The Hall–Kier alpha value is -2.07. The number of nitrogens with one attached hydrogen (secondary N) is 1. The summed E-state index contributed by atoms with van der Waals surface area (Å²) in [4.78, 5) is 11.7. The molecule has 1 amide bonds. The molecular weight excluding hydrogens is 216 g/mol. The summed E-state index contributed by atoms with van der Waals surface area (Å²) >= 11 is 0. The summed E-state index contributed by atoms with van der Waals surface area (Å²) < 4.78 is 4.85. The third-order valence-corrected chi connectivity index (χ3v) is 2.48. The maximum absolute atomic E-state index is 11.7. The Morgan fingerprint density at radius 3 is 2.53 bits per heavy atom. The van der Waals surface area contributed by atoms with Gasteiger partial charge in [-0.1, -0.05) is 12.1 Å².